The number of nitrogens with zero attached hydrogens (tertiary/aromatic N) is 3. The van der Waals surface area contributed by atoms with Crippen molar-refractivity contribution in [1.29, 1.82) is 0 Å². The van der Waals surface area contributed by atoms with Crippen molar-refractivity contribution in [3.05, 3.63) is 18.0 Å². The summed E-state index contributed by atoms with van der Waals surface area (Å²) in [5.41, 5.74) is 2.43. The lowest BCUT2D eigenvalue weighted by Crippen LogP contribution is -2.16. The Bertz CT molecular complexity index is 377. The average molecular weight is 234 g/mol. The SMILES string of the molecule is CCCn1nncc1/C(C)=C/CCNC1CC1. The first-order chi connectivity index (χ1) is 8.31. The summed E-state index contributed by atoms with van der Waals surface area (Å²) in [6.07, 6.45) is 9.02. The van der Waals surface area contributed by atoms with E-state index in [0.29, 0.717) is 0 Å². The number of rotatable bonds is 7. The van der Waals surface area contributed by atoms with Crippen LogP contribution in [0.2, 0.25) is 0 Å². The number of nitrogens with one attached hydrogen (secondary N) is 1. The largest absolute Gasteiger partial charge is 0.314 e. The normalized spacial score (nSPS) is 16.5. The van der Waals surface area contributed by atoms with Crippen LogP contribution in [0.3, 0.4) is 0 Å². The molecule has 1 saturated carbocycles. The van der Waals surface area contributed by atoms with Gasteiger partial charge in [0.05, 0.1) is 11.9 Å². The molecule has 2 rings (SSSR count). The van der Waals surface area contributed by atoms with E-state index in [0.717, 1.165) is 37.7 Å². The molecule has 0 atom stereocenters. The summed E-state index contributed by atoms with van der Waals surface area (Å²) in [6, 6.07) is 0.802. The molecular weight excluding hydrogens is 212 g/mol. The lowest BCUT2D eigenvalue weighted by atomic mass is 10.2. The van der Waals surface area contributed by atoms with E-state index < -0.39 is 0 Å². The van der Waals surface area contributed by atoms with Crippen molar-refractivity contribution in [2.24, 2.45) is 0 Å². The van der Waals surface area contributed by atoms with E-state index in [2.05, 4.69) is 35.6 Å². The Kier molecular flexibility index (Phi) is 4.31. The molecule has 0 aliphatic heterocycles. The van der Waals surface area contributed by atoms with Crippen LogP contribution in [0.4, 0.5) is 0 Å². The third-order valence-electron chi connectivity index (χ3n) is 3.06. The summed E-state index contributed by atoms with van der Waals surface area (Å²) in [5, 5.41) is 11.6. The molecule has 94 valence electrons. The van der Waals surface area contributed by atoms with E-state index in [1.807, 2.05) is 10.9 Å². The van der Waals surface area contributed by atoms with E-state index in [4.69, 9.17) is 0 Å². The van der Waals surface area contributed by atoms with Gasteiger partial charge < -0.3 is 5.32 Å². The van der Waals surface area contributed by atoms with Gasteiger partial charge in [0.25, 0.3) is 0 Å². The van der Waals surface area contributed by atoms with Crippen LogP contribution in [-0.4, -0.2) is 27.6 Å². The van der Waals surface area contributed by atoms with Gasteiger partial charge in [0.15, 0.2) is 0 Å². The van der Waals surface area contributed by atoms with Gasteiger partial charge >= 0.3 is 0 Å². The maximum absolute atomic E-state index is 4.10. The quantitative estimate of drug-likeness (QED) is 0.736. The second-order valence-corrected chi connectivity index (χ2v) is 4.75. The van der Waals surface area contributed by atoms with Crippen molar-refractivity contribution < 1.29 is 0 Å². The Morgan fingerprint density at radius 3 is 3.12 bits per heavy atom. The number of aromatic nitrogens is 3. The Hall–Kier alpha value is -1.16. The molecule has 17 heavy (non-hydrogen) atoms. The fourth-order valence-corrected chi connectivity index (χ4v) is 1.91. The minimum atomic E-state index is 0.802. The summed E-state index contributed by atoms with van der Waals surface area (Å²) < 4.78 is 1.99. The highest BCUT2D eigenvalue weighted by Gasteiger charge is 2.19. The molecule has 1 fully saturated rings. The molecule has 1 N–H and O–H groups in total. The number of aryl methyl sites for hydroxylation is 1. The van der Waals surface area contributed by atoms with Crippen molar-refractivity contribution in [3.8, 4) is 0 Å². The number of hydrogen-bond donors (Lipinski definition) is 1. The molecule has 1 aliphatic rings. The molecule has 1 heterocycles. The highest BCUT2D eigenvalue weighted by atomic mass is 15.4. The summed E-state index contributed by atoms with van der Waals surface area (Å²) in [5.74, 6) is 0. The highest BCUT2D eigenvalue weighted by molar-refractivity contribution is 5.59. The van der Waals surface area contributed by atoms with Gasteiger partial charge in [0.2, 0.25) is 0 Å². The molecule has 1 aliphatic carbocycles. The minimum Gasteiger partial charge on any atom is -0.314 e. The van der Waals surface area contributed by atoms with E-state index >= 15 is 0 Å². The molecule has 0 amide bonds. The van der Waals surface area contributed by atoms with Crippen LogP contribution < -0.4 is 5.32 Å². The molecule has 4 nitrogen and oxygen atoms in total. The molecule has 0 unspecified atom stereocenters. The van der Waals surface area contributed by atoms with Crippen LogP contribution in [0.15, 0.2) is 12.3 Å². The van der Waals surface area contributed by atoms with Crippen molar-refractivity contribution in [2.75, 3.05) is 6.54 Å². The number of hydrogen-bond acceptors (Lipinski definition) is 3. The topological polar surface area (TPSA) is 42.7 Å². The van der Waals surface area contributed by atoms with E-state index in [1.165, 1.54) is 18.4 Å². The van der Waals surface area contributed by atoms with Gasteiger partial charge in [-0.1, -0.05) is 18.2 Å². The smallest absolute Gasteiger partial charge is 0.0839 e. The van der Waals surface area contributed by atoms with Gasteiger partial charge in [0, 0.05) is 12.6 Å². The van der Waals surface area contributed by atoms with Crippen LogP contribution in [0.25, 0.3) is 5.57 Å². The van der Waals surface area contributed by atoms with E-state index in [1.54, 1.807) is 0 Å². The van der Waals surface area contributed by atoms with E-state index in [-0.39, 0.29) is 0 Å². The lowest BCUT2D eigenvalue weighted by Gasteiger charge is -2.05. The minimum absolute atomic E-state index is 0.802. The third kappa shape index (κ3) is 3.66. The van der Waals surface area contributed by atoms with Gasteiger partial charge in [-0.3, -0.25) is 0 Å². The molecule has 1 aromatic rings. The van der Waals surface area contributed by atoms with Crippen molar-refractivity contribution in [2.45, 2.75) is 52.1 Å². The van der Waals surface area contributed by atoms with Crippen LogP contribution in [0.1, 0.15) is 45.2 Å². The maximum atomic E-state index is 4.10. The van der Waals surface area contributed by atoms with Gasteiger partial charge in [-0.05, 0) is 44.7 Å². The summed E-state index contributed by atoms with van der Waals surface area (Å²) in [7, 11) is 0. The Balaban J connectivity index is 1.85. The van der Waals surface area contributed by atoms with Crippen molar-refractivity contribution in [3.63, 3.8) is 0 Å². The zero-order valence-electron chi connectivity index (χ0n) is 10.8. The first-order valence-electron chi connectivity index (χ1n) is 6.60. The first kappa shape index (κ1) is 12.3. The molecule has 0 saturated heterocycles. The summed E-state index contributed by atoms with van der Waals surface area (Å²) in [6.45, 7) is 6.32. The maximum Gasteiger partial charge on any atom is 0.0839 e. The predicted octanol–water partition coefficient (Wildman–Crippen LogP) is 2.23. The Morgan fingerprint density at radius 2 is 2.41 bits per heavy atom. The lowest BCUT2D eigenvalue weighted by molar-refractivity contribution is 0.573. The molecule has 0 bridgehead atoms. The van der Waals surface area contributed by atoms with Gasteiger partial charge in [-0.2, -0.15) is 0 Å². The second-order valence-electron chi connectivity index (χ2n) is 4.75. The Labute approximate surface area is 103 Å². The zero-order chi connectivity index (χ0) is 12.1. The number of allylic oxidation sites excluding steroid dienone is 1. The van der Waals surface area contributed by atoms with Crippen LogP contribution in [-0.2, 0) is 6.54 Å². The molecule has 1 aromatic heterocycles. The Morgan fingerprint density at radius 1 is 1.59 bits per heavy atom. The van der Waals surface area contributed by atoms with Gasteiger partial charge in [-0.25, -0.2) is 4.68 Å². The monoisotopic (exact) mass is 234 g/mol. The van der Waals surface area contributed by atoms with Crippen LogP contribution >= 0.6 is 0 Å². The molecular formula is C13H22N4. The first-order valence-corrected chi connectivity index (χ1v) is 6.60. The molecule has 0 radical (unpaired) electrons. The average Bonchev–Trinajstić information content (AvgIpc) is 3.03. The van der Waals surface area contributed by atoms with Gasteiger partial charge in [-0.15, -0.1) is 5.10 Å². The van der Waals surface area contributed by atoms with Crippen molar-refractivity contribution in [1.82, 2.24) is 20.3 Å². The molecule has 4 heteroatoms. The van der Waals surface area contributed by atoms with Crippen LogP contribution in [0, 0.1) is 0 Å². The summed E-state index contributed by atoms with van der Waals surface area (Å²) >= 11 is 0. The fraction of sp³-hybridized carbons (Fsp3) is 0.692. The standard InChI is InChI=1S/C13H22N4/c1-3-9-17-13(10-15-16-17)11(2)5-4-8-14-12-6-7-12/h5,10,12,14H,3-4,6-9H2,1-2H3/b11-5+. The van der Waals surface area contributed by atoms with Crippen molar-refractivity contribution >= 4 is 5.57 Å². The fourth-order valence-electron chi connectivity index (χ4n) is 1.91. The van der Waals surface area contributed by atoms with E-state index in [9.17, 15) is 0 Å². The molecule has 0 aromatic carbocycles. The second kappa shape index (κ2) is 5.96. The zero-order valence-corrected chi connectivity index (χ0v) is 10.8. The third-order valence-corrected chi connectivity index (χ3v) is 3.06. The summed E-state index contributed by atoms with van der Waals surface area (Å²) in [4.78, 5) is 0. The highest BCUT2D eigenvalue weighted by Crippen LogP contribution is 2.18. The van der Waals surface area contributed by atoms with Crippen LogP contribution in [0.5, 0.6) is 0 Å². The predicted molar refractivity (Wildman–Crippen MR) is 69.6 cm³/mol. The molecule has 0 spiro atoms. The van der Waals surface area contributed by atoms with Gasteiger partial charge in [0.1, 0.15) is 0 Å².